The van der Waals surface area contributed by atoms with E-state index in [0.717, 1.165) is 13.1 Å². The quantitative estimate of drug-likeness (QED) is 0.795. The number of benzene rings is 1. The minimum absolute atomic E-state index is 0.279. The zero-order valence-electron chi connectivity index (χ0n) is 14.5. The van der Waals surface area contributed by atoms with E-state index < -0.39 is 0 Å². The lowest BCUT2D eigenvalue weighted by Crippen LogP contribution is -2.44. The number of likely N-dealkylation sites (N-methyl/N-ethyl adjacent to an activating group) is 2. The maximum atomic E-state index is 6.08. The van der Waals surface area contributed by atoms with Crippen molar-refractivity contribution in [3.63, 3.8) is 0 Å². The molecule has 1 aromatic rings. The SMILES string of the molecule is CCN(C(C)CN(C)C)C(CN)c1ccc(N(C)C)cc1. The molecule has 2 atom stereocenters. The average Bonchev–Trinajstić information content (AvgIpc) is 2.43. The van der Waals surface area contributed by atoms with Gasteiger partial charge in [-0.3, -0.25) is 4.90 Å². The molecular weight excluding hydrogens is 260 g/mol. The van der Waals surface area contributed by atoms with Crippen LogP contribution in [0.2, 0.25) is 0 Å². The average molecular weight is 292 g/mol. The van der Waals surface area contributed by atoms with Crippen LogP contribution in [-0.2, 0) is 0 Å². The van der Waals surface area contributed by atoms with Crippen molar-refractivity contribution >= 4 is 5.69 Å². The van der Waals surface area contributed by atoms with E-state index in [0.29, 0.717) is 12.6 Å². The van der Waals surface area contributed by atoms with Crippen molar-refractivity contribution in [1.29, 1.82) is 0 Å². The van der Waals surface area contributed by atoms with Gasteiger partial charge >= 0.3 is 0 Å². The van der Waals surface area contributed by atoms with Gasteiger partial charge in [-0.1, -0.05) is 19.1 Å². The smallest absolute Gasteiger partial charge is 0.0473 e. The van der Waals surface area contributed by atoms with E-state index in [1.54, 1.807) is 0 Å². The number of nitrogens with two attached hydrogens (primary N) is 1. The lowest BCUT2D eigenvalue weighted by molar-refractivity contribution is 0.131. The highest BCUT2D eigenvalue weighted by Gasteiger charge is 2.23. The molecule has 0 spiro atoms. The normalized spacial score (nSPS) is 14.5. The van der Waals surface area contributed by atoms with Crippen molar-refractivity contribution in [3.05, 3.63) is 29.8 Å². The summed E-state index contributed by atoms with van der Waals surface area (Å²) in [6.07, 6.45) is 0. The molecule has 0 aliphatic carbocycles. The van der Waals surface area contributed by atoms with Crippen molar-refractivity contribution in [3.8, 4) is 0 Å². The maximum absolute atomic E-state index is 6.08. The Morgan fingerprint density at radius 3 is 2.00 bits per heavy atom. The topological polar surface area (TPSA) is 35.7 Å². The lowest BCUT2D eigenvalue weighted by atomic mass is 10.0. The summed E-state index contributed by atoms with van der Waals surface area (Å²) >= 11 is 0. The van der Waals surface area contributed by atoms with Gasteiger partial charge in [0.25, 0.3) is 0 Å². The first-order chi connectivity index (χ1) is 9.90. The van der Waals surface area contributed by atoms with Gasteiger partial charge in [-0.05, 0) is 45.3 Å². The van der Waals surface area contributed by atoms with Crippen LogP contribution in [0.25, 0.3) is 0 Å². The van der Waals surface area contributed by atoms with Gasteiger partial charge in [0.2, 0.25) is 0 Å². The van der Waals surface area contributed by atoms with Crippen LogP contribution >= 0.6 is 0 Å². The number of rotatable bonds is 8. The first-order valence-electron chi connectivity index (χ1n) is 7.78. The Balaban J connectivity index is 2.92. The summed E-state index contributed by atoms with van der Waals surface area (Å²) in [4.78, 5) is 6.84. The number of hydrogen-bond acceptors (Lipinski definition) is 4. The summed E-state index contributed by atoms with van der Waals surface area (Å²) < 4.78 is 0. The largest absolute Gasteiger partial charge is 0.378 e. The van der Waals surface area contributed by atoms with Crippen LogP contribution in [0.3, 0.4) is 0 Å². The Kier molecular flexibility index (Phi) is 7.15. The molecule has 0 saturated carbocycles. The van der Waals surface area contributed by atoms with E-state index >= 15 is 0 Å². The first kappa shape index (κ1) is 18.0. The molecule has 1 rings (SSSR count). The van der Waals surface area contributed by atoms with Crippen molar-refractivity contribution in [1.82, 2.24) is 9.80 Å². The monoisotopic (exact) mass is 292 g/mol. The van der Waals surface area contributed by atoms with E-state index in [-0.39, 0.29) is 6.04 Å². The Bertz CT molecular complexity index is 400. The van der Waals surface area contributed by atoms with Crippen LogP contribution < -0.4 is 10.6 Å². The molecule has 2 unspecified atom stereocenters. The summed E-state index contributed by atoms with van der Waals surface area (Å²) in [6.45, 7) is 7.18. The van der Waals surface area contributed by atoms with Gasteiger partial charge in [0, 0.05) is 45.0 Å². The molecule has 0 aromatic heterocycles. The summed E-state index contributed by atoms with van der Waals surface area (Å²) in [5.41, 5.74) is 8.60. The molecule has 4 heteroatoms. The van der Waals surface area contributed by atoms with E-state index in [9.17, 15) is 0 Å². The third-order valence-corrected chi connectivity index (χ3v) is 3.98. The fraction of sp³-hybridized carbons (Fsp3) is 0.647. The van der Waals surface area contributed by atoms with Gasteiger partial charge < -0.3 is 15.5 Å². The first-order valence-corrected chi connectivity index (χ1v) is 7.78. The fourth-order valence-electron chi connectivity index (χ4n) is 2.93. The minimum Gasteiger partial charge on any atom is -0.378 e. The molecule has 0 amide bonds. The van der Waals surface area contributed by atoms with Crippen LogP contribution in [0.15, 0.2) is 24.3 Å². The second-order valence-corrected chi connectivity index (χ2v) is 6.18. The summed E-state index contributed by atoms with van der Waals surface area (Å²) in [6, 6.07) is 9.51. The predicted molar refractivity (Wildman–Crippen MR) is 93.0 cm³/mol. The van der Waals surface area contributed by atoms with Crippen LogP contribution in [0.1, 0.15) is 25.5 Å². The van der Waals surface area contributed by atoms with Crippen LogP contribution in [0, 0.1) is 0 Å². The summed E-state index contributed by atoms with van der Waals surface area (Å²) in [5, 5.41) is 0. The Labute approximate surface area is 130 Å². The van der Waals surface area contributed by atoms with Gasteiger partial charge in [0.1, 0.15) is 0 Å². The van der Waals surface area contributed by atoms with Crippen LogP contribution in [0.5, 0.6) is 0 Å². The Morgan fingerprint density at radius 2 is 1.62 bits per heavy atom. The molecule has 0 aliphatic heterocycles. The molecule has 0 saturated heterocycles. The zero-order valence-corrected chi connectivity index (χ0v) is 14.5. The molecule has 2 N–H and O–H groups in total. The van der Waals surface area contributed by atoms with Gasteiger partial charge in [0.05, 0.1) is 0 Å². The van der Waals surface area contributed by atoms with Crippen molar-refractivity contribution < 1.29 is 0 Å². The second kappa shape index (κ2) is 8.37. The molecule has 0 fully saturated rings. The van der Waals surface area contributed by atoms with Gasteiger partial charge in [-0.15, -0.1) is 0 Å². The zero-order chi connectivity index (χ0) is 16.0. The molecule has 1 aromatic carbocycles. The number of hydrogen-bond donors (Lipinski definition) is 1. The molecule has 21 heavy (non-hydrogen) atoms. The number of nitrogens with zero attached hydrogens (tertiary/aromatic N) is 3. The van der Waals surface area contributed by atoms with Crippen LogP contribution in [0.4, 0.5) is 5.69 Å². The van der Waals surface area contributed by atoms with Gasteiger partial charge in [0.15, 0.2) is 0 Å². The molecule has 0 aliphatic rings. The highest BCUT2D eigenvalue weighted by molar-refractivity contribution is 5.46. The summed E-state index contributed by atoms with van der Waals surface area (Å²) in [7, 11) is 8.36. The fourth-order valence-corrected chi connectivity index (χ4v) is 2.93. The third-order valence-electron chi connectivity index (χ3n) is 3.98. The van der Waals surface area contributed by atoms with Crippen molar-refractivity contribution in [2.24, 2.45) is 5.73 Å². The van der Waals surface area contributed by atoms with Gasteiger partial charge in [-0.25, -0.2) is 0 Å². The van der Waals surface area contributed by atoms with E-state index in [2.05, 4.69) is 81.0 Å². The van der Waals surface area contributed by atoms with E-state index in [1.807, 2.05) is 0 Å². The standard InChI is InChI=1S/C17H32N4/c1-7-21(14(2)13-19(3)4)17(12-18)15-8-10-16(11-9-15)20(5)6/h8-11,14,17H,7,12-13,18H2,1-6H3. The van der Waals surface area contributed by atoms with E-state index in [1.165, 1.54) is 11.3 Å². The predicted octanol–water partition coefficient (Wildman–Crippen LogP) is 2.02. The maximum Gasteiger partial charge on any atom is 0.0473 e. The highest BCUT2D eigenvalue weighted by Crippen LogP contribution is 2.24. The second-order valence-electron chi connectivity index (χ2n) is 6.18. The summed E-state index contributed by atoms with van der Waals surface area (Å²) in [5.74, 6) is 0. The van der Waals surface area contributed by atoms with Crippen molar-refractivity contribution in [2.45, 2.75) is 25.9 Å². The van der Waals surface area contributed by atoms with Crippen molar-refractivity contribution in [2.75, 3.05) is 52.7 Å². The Morgan fingerprint density at radius 1 is 1.05 bits per heavy atom. The molecule has 4 nitrogen and oxygen atoms in total. The van der Waals surface area contributed by atoms with Gasteiger partial charge in [-0.2, -0.15) is 0 Å². The van der Waals surface area contributed by atoms with Crippen LogP contribution in [-0.4, -0.2) is 63.7 Å². The lowest BCUT2D eigenvalue weighted by Gasteiger charge is -2.36. The third kappa shape index (κ3) is 4.99. The molecule has 120 valence electrons. The highest BCUT2D eigenvalue weighted by atomic mass is 15.2. The molecular formula is C17H32N4. The Hall–Kier alpha value is -1.10. The molecule has 0 radical (unpaired) electrons. The molecule has 0 bridgehead atoms. The molecule has 0 heterocycles. The number of anilines is 1. The van der Waals surface area contributed by atoms with E-state index in [4.69, 9.17) is 5.73 Å². The minimum atomic E-state index is 0.279.